The summed E-state index contributed by atoms with van der Waals surface area (Å²) in [4.78, 5) is 17.8. The van der Waals surface area contributed by atoms with Gasteiger partial charge in [-0.25, -0.2) is 8.42 Å². The summed E-state index contributed by atoms with van der Waals surface area (Å²) in [5.41, 5.74) is 1.66. The molecule has 0 radical (unpaired) electrons. The van der Waals surface area contributed by atoms with Crippen LogP contribution >= 0.6 is 11.3 Å². The maximum atomic E-state index is 13.2. The SMILES string of the molecule is CCN(c1ccccc1)S(=O)(=O)c1ccc(C(=O)N=c2sc3cc(OC)cc(OC)c3n2C)cc1. The molecule has 0 fully saturated rings. The Bertz CT molecular complexity index is 1540. The summed E-state index contributed by atoms with van der Waals surface area (Å²) in [6.45, 7) is 2.05. The van der Waals surface area contributed by atoms with E-state index in [0.29, 0.717) is 22.0 Å². The van der Waals surface area contributed by atoms with Crippen molar-refractivity contribution in [3.63, 3.8) is 0 Å². The van der Waals surface area contributed by atoms with Gasteiger partial charge in [0.1, 0.15) is 17.0 Å². The second-order valence-electron chi connectivity index (χ2n) is 7.57. The number of anilines is 1. The van der Waals surface area contributed by atoms with Crippen LogP contribution in [-0.4, -0.2) is 39.7 Å². The van der Waals surface area contributed by atoms with Gasteiger partial charge >= 0.3 is 0 Å². The lowest BCUT2D eigenvalue weighted by Gasteiger charge is -2.22. The molecular weight excluding hydrogens is 486 g/mol. The number of fused-ring (bicyclic) bond motifs is 1. The molecule has 0 spiro atoms. The highest BCUT2D eigenvalue weighted by molar-refractivity contribution is 7.92. The molecule has 35 heavy (non-hydrogen) atoms. The van der Waals surface area contributed by atoms with Crippen LogP contribution in [0, 0.1) is 0 Å². The Labute approximate surface area is 207 Å². The molecule has 182 valence electrons. The number of nitrogens with zero attached hydrogens (tertiary/aromatic N) is 3. The summed E-state index contributed by atoms with van der Waals surface area (Å²) >= 11 is 1.33. The van der Waals surface area contributed by atoms with E-state index < -0.39 is 15.9 Å². The van der Waals surface area contributed by atoms with E-state index in [-0.39, 0.29) is 17.0 Å². The van der Waals surface area contributed by atoms with Gasteiger partial charge in [-0.1, -0.05) is 29.5 Å². The topological polar surface area (TPSA) is 90.2 Å². The Morgan fingerprint density at radius 1 is 1.03 bits per heavy atom. The number of amides is 1. The Hall–Kier alpha value is -3.63. The van der Waals surface area contributed by atoms with E-state index in [1.807, 2.05) is 12.1 Å². The number of aryl methyl sites for hydroxylation is 1. The quantitative estimate of drug-likeness (QED) is 0.371. The number of sulfonamides is 1. The number of ether oxygens (including phenoxy) is 2. The number of carbonyl (C=O) groups excluding carboxylic acids is 1. The summed E-state index contributed by atoms with van der Waals surface area (Å²) in [7, 11) is 1.17. The number of rotatable bonds is 7. The normalized spacial score (nSPS) is 12.1. The lowest BCUT2D eigenvalue weighted by Crippen LogP contribution is -2.30. The number of thiazole rings is 1. The highest BCUT2D eigenvalue weighted by atomic mass is 32.2. The van der Waals surface area contributed by atoms with Crippen molar-refractivity contribution in [3.05, 3.63) is 77.1 Å². The van der Waals surface area contributed by atoms with Crippen LogP contribution in [0.1, 0.15) is 17.3 Å². The third kappa shape index (κ3) is 4.67. The fourth-order valence-corrected chi connectivity index (χ4v) is 6.27. The van der Waals surface area contributed by atoms with Crippen LogP contribution in [0.15, 0.2) is 76.6 Å². The van der Waals surface area contributed by atoms with Gasteiger partial charge in [-0.05, 0) is 49.4 Å². The average molecular weight is 512 g/mol. The van der Waals surface area contributed by atoms with Crippen LogP contribution in [0.3, 0.4) is 0 Å². The van der Waals surface area contributed by atoms with Crippen LogP contribution in [0.5, 0.6) is 11.5 Å². The van der Waals surface area contributed by atoms with E-state index in [1.54, 1.807) is 63.1 Å². The first-order chi connectivity index (χ1) is 16.8. The Morgan fingerprint density at radius 3 is 2.31 bits per heavy atom. The highest BCUT2D eigenvalue weighted by Crippen LogP contribution is 2.32. The minimum atomic E-state index is -3.78. The molecule has 0 N–H and O–H groups in total. The molecule has 4 rings (SSSR count). The van der Waals surface area contributed by atoms with E-state index in [9.17, 15) is 13.2 Å². The molecule has 4 aromatic rings. The van der Waals surface area contributed by atoms with Crippen LogP contribution < -0.4 is 18.6 Å². The van der Waals surface area contributed by atoms with Gasteiger partial charge in [0.15, 0.2) is 4.80 Å². The lowest BCUT2D eigenvalue weighted by molar-refractivity contribution is 0.0998. The van der Waals surface area contributed by atoms with Crippen molar-refractivity contribution >= 4 is 43.2 Å². The molecule has 3 aromatic carbocycles. The number of aromatic nitrogens is 1. The first-order valence-electron chi connectivity index (χ1n) is 10.8. The Balaban J connectivity index is 1.67. The largest absolute Gasteiger partial charge is 0.497 e. The van der Waals surface area contributed by atoms with E-state index >= 15 is 0 Å². The Kier molecular flexibility index (Phi) is 6.95. The zero-order chi connectivity index (χ0) is 25.2. The zero-order valence-corrected chi connectivity index (χ0v) is 21.4. The van der Waals surface area contributed by atoms with Crippen molar-refractivity contribution in [2.24, 2.45) is 12.0 Å². The third-order valence-electron chi connectivity index (χ3n) is 5.51. The molecule has 1 aromatic heterocycles. The lowest BCUT2D eigenvalue weighted by atomic mass is 10.2. The number of hydrogen-bond acceptors (Lipinski definition) is 6. The van der Waals surface area contributed by atoms with Crippen LogP contribution in [0.25, 0.3) is 10.2 Å². The van der Waals surface area contributed by atoms with Crippen LogP contribution in [0.2, 0.25) is 0 Å². The maximum Gasteiger partial charge on any atom is 0.279 e. The summed E-state index contributed by atoms with van der Waals surface area (Å²) < 4.78 is 41.1. The van der Waals surface area contributed by atoms with Crippen molar-refractivity contribution < 1.29 is 22.7 Å². The molecule has 0 aliphatic rings. The van der Waals surface area contributed by atoms with Gasteiger partial charge in [-0.3, -0.25) is 9.10 Å². The molecule has 8 nitrogen and oxygen atoms in total. The van der Waals surface area contributed by atoms with Crippen molar-refractivity contribution in [2.45, 2.75) is 11.8 Å². The molecule has 10 heteroatoms. The van der Waals surface area contributed by atoms with Gasteiger partial charge in [0.25, 0.3) is 15.9 Å². The van der Waals surface area contributed by atoms with Crippen molar-refractivity contribution in [1.82, 2.24) is 4.57 Å². The zero-order valence-electron chi connectivity index (χ0n) is 19.8. The van der Waals surface area contributed by atoms with E-state index in [1.165, 1.54) is 39.9 Å². The maximum absolute atomic E-state index is 13.2. The van der Waals surface area contributed by atoms with Gasteiger partial charge in [0.05, 0.1) is 29.5 Å². The fraction of sp³-hybridized carbons (Fsp3) is 0.200. The van der Waals surface area contributed by atoms with Gasteiger partial charge in [-0.2, -0.15) is 4.99 Å². The second-order valence-corrected chi connectivity index (χ2v) is 10.4. The summed E-state index contributed by atoms with van der Waals surface area (Å²) in [6, 6.07) is 18.4. The van der Waals surface area contributed by atoms with Crippen molar-refractivity contribution in [2.75, 3.05) is 25.1 Å². The summed E-state index contributed by atoms with van der Waals surface area (Å²) in [5, 5.41) is 0. The fourth-order valence-electron chi connectivity index (χ4n) is 3.73. The van der Waals surface area contributed by atoms with E-state index in [0.717, 1.165) is 10.2 Å². The number of para-hydroxylation sites is 1. The third-order valence-corrected chi connectivity index (χ3v) is 8.51. The Morgan fingerprint density at radius 2 is 1.71 bits per heavy atom. The van der Waals surface area contributed by atoms with Gasteiger partial charge in [0, 0.05) is 25.2 Å². The monoisotopic (exact) mass is 511 g/mol. The summed E-state index contributed by atoms with van der Waals surface area (Å²) in [6.07, 6.45) is 0. The molecule has 0 aliphatic heterocycles. The number of methoxy groups -OCH3 is 2. The molecule has 0 aliphatic carbocycles. The molecule has 0 unspecified atom stereocenters. The molecule has 1 amide bonds. The van der Waals surface area contributed by atoms with Crippen LogP contribution in [0.4, 0.5) is 5.69 Å². The molecular formula is C25H25N3O5S2. The first kappa shape index (κ1) is 24.5. The smallest absolute Gasteiger partial charge is 0.279 e. The molecule has 0 bridgehead atoms. The predicted molar refractivity (Wildman–Crippen MR) is 137 cm³/mol. The number of carbonyl (C=O) groups is 1. The van der Waals surface area contributed by atoms with Crippen molar-refractivity contribution in [1.29, 1.82) is 0 Å². The number of benzene rings is 3. The molecule has 0 saturated carbocycles. The molecule has 0 atom stereocenters. The van der Waals surface area contributed by atoms with Gasteiger partial charge in [-0.15, -0.1) is 0 Å². The minimum absolute atomic E-state index is 0.101. The summed E-state index contributed by atoms with van der Waals surface area (Å²) in [5.74, 6) is 0.778. The highest BCUT2D eigenvalue weighted by Gasteiger charge is 2.23. The van der Waals surface area contributed by atoms with Gasteiger partial charge < -0.3 is 14.0 Å². The number of hydrogen-bond donors (Lipinski definition) is 0. The average Bonchev–Trinajstić information content (AvgIpc) is 3.19. The second kappa shape index (κ2) is 9.93. The molecule has 0 saturated heterocycles. The van der Waals surface area contributed by atoms with Crippen molar-refractivity contribution in [3.8, 4) is 11.5 Å². The first-order valence-corrected chi connectivity index (χ1v) is 13.0. The van der Waals surface area contributed by atoms with E-state index in [4.69, 9.17) is 9.47 Å². The molecule has 1 heterocycles. The van der Waals surface area contributed by atoms with Crippen LogP contribution in [-0.2, 0) is 17.1 Å². The van der Waals surface area contributed by atoms with Gasteiger partial charge in [0.2, 0.25) is 0 Å². The predicted octanol–water partition coefficient (Wildman–Crippen LogP) is 4.21. The standard InChI is InChI=1S/C25H25N3O5S2/c1-5-28(18-9-7-6-8-10-18)35(30,31)20-13-11-17(12-14-20)24(29)26-25-27(2)23-21(33-4)15-19(32-3)16-22(23)34-25/h6-16H,5H2,1-4H3. The minimum Gasteiger partial charge on any atom is -0.497 e. The van der Waals surface area contributed by atoms with E-state index in [2.05, 4.69) is 4.99 Å².